The maximum absolute atomic E-state index is 11.5. The van der Waals surface area contributed by atoms with Gasteiger partial charge >= 0.3 is 5.97 Å². The highest BCUT2D eigenvalue weighted by atomic mass is 16.4. The largest absolute Gasteiger partial charge is 0.477 e. The Hall–Kier alpha value is -2.30. The molecule has 0 spiro atoms. The van der Waals surface area contributed by atoms with Crippen LogP contribution in [0.3, 0.4) is 0 Å². The van der Waals surface area contributed by atoms with Gasteiger partial charge in [0.25, 0.3) is 0 Å². The molecule has 1 aliphatic heterocycles. The summed E-state index contributed by atoms with van der Waals surface area (Å²) in [5, 5.41) is 17.2. The van der Waals surface area contributed by atoms with Crippen LogP contribution in [0.25, 0.3) is 0 Å². The first-order valence-corrected chi connectivity index (χ1v) is 7.05. The number of fused-ring (bicyclic) bond motifs is 1. The third kappa shape index (κ3) is 2.18. The van der Waals surface area contributed by atoms with Crippen LogP contribution in [0.5, 0.6) is 0 Å². The molecule has 0 bridgehead atoms. The second kappa shape index (κ2) is 4.62. The van der Waals surface area contributed by atoms with Crippen LogP contribution < -0.4 is 5.32 Å². The van der Waals surface area contributed by atoms with Gasteiger partial charge in [-0.1, -0.05) is 30.3 Å². The van der Waals surface area contributed by atoms with Crippen LogP contribution in [0, 0.1) is 6.92 Å². The molecule has 0 saturated heterocycles. The van der Waals surface area contributed by atoms with Gasteiger partial charge in [0.05, 0.1) is 17.3 Å². The third-order valence-corrected chi connectivity index (χ3v) is 4.06. The van der Waals surface area contributed by atoms with Crippen LogP contribution >= 0.6 is 0 Å². The van der Waals surface area contributed by atoms with E-state index in [1.807, 2.05) is 22.9 Å². The number of carboxylic acid groups (broad SMARTS) is 1. The maximum atomic E-state index is 11.5. The number of aromatic carboxylic acids is 1. The molecule has 0 radical (unpaired) electrons. The second-order valence-electron chi connectivity index (χ2n) is 6.15. The third-order valence-electron chi connectivity index (χ3n) is 4.06. The van der Waals surface area contributed by atoms with Gasteiger partial charge in [-0.3, -0.25) is 0 Å². The number of hydrogen-bond acceptors (Lipinski definition) is 3. The van der Waals surface area contributed by atoms with Crippen molar-refractivity contribution in [1.29, 1.82) is 0 Å². The van der Waals surface area contributed by atoms with Crippen molar-refractivity contribution in [1.82, 2.24) is 9.78 Å². The molecule has 2 aromatic rings. The Morgan fingerprint density at radius 3 is 2.67 bits per heavy atom. The molecule has 0 amide bonds. The van der Waals surface area contributed by atoms with Crippen molar-refractivity contribution in [3.63, 3.8) is 0 Å². The number of aromatic nitrogens is 2. The molecule has 0 fully saturated rings. The van der Waals surface area contributed by atoms with E-state index in [4.69, 9.17) is 0 Å². The minimum absolute atomic E-state index is 0.0860. The molecule has 0 saturated carbocycles. The van der Waals surface area contributed by atoms with Crippen LogP contribution in [0.15, 0.2) is 30.3 Å². The molecule has 1 atom stereocenters. The number of aryl methyl sites for hydroxylation is 1. The van der Waals surface area contributed by atoms with E-state index < -0.39 is 5.97 Å². The van der Waals surface area contributed by atoms with Crippen molar-refractivity contribution in [2.24, 2.45) is 0 Å². The predicted molar refractivity (Wildman–Crippen MR) is 80.7 cm³/mol. The van der Waals surface area contributed by atoms with Crippen LogP contribution in [0.4, 0.5) is 5.82 Å². The molecule has 1 aromatic heterocycles. The normalized spacial score (nSPS) is 19.7. The zero-order valence-electron chi connectivity index (χ0n) is 12.4. The Labute approximate surface area is 123 Å². The monoisotopic (exact) mass is 285 g/mol. The van der Waals surface area contributed by atoms with E-state index in [0.29, 0.717) is 11.5 Å². The van der Waals surface area contributed by atoms with E-state index in [1.54, 1.807) is 6.92 Å². The highest BCUT2D eigenvalue weighted by Crippen LogP contribution is 2.40. The first-order valence-electron chi connectivity index (χ1n) is 7.05. The Balaban J connectivity index is 2.10. The molecule has 0 aliphatic carbocycles. The number of carboxylic acids is 1. The van der Waals surface area contributed by atoms with Gasteiger partial charge in [0.1, 0.15) is 11.4 Å². The average molecular weight is 285 g/mol. The van der Waals surface area contributed by atoms with Crippen LogP contribution in [-0.4, -0.2) is 20.9 Å². The van der Waals surface area contributed by atoms with Gasteiger partial charge in [0.2, 0.25) is 0 Å². The van der Waals surface area contributed by atoms with Gasteiger partial charge in [-0.2, -0.15) is 5.10 Å². The van der Waals surface area contributed by atoms with Crippen molar-refractivity contribution in [3.05, 3.63) is 47.2 Å². The number of rotatable bonds is 2. The summed E-state index contributed by atoms with van der Waals surface area (Å²) in [5.41, 5.74) is 1.74. The summed E-state index contributed by atoms with van der Waals surface area (Å²) < 4.78 is 1.81. The molecule has 5 nitrogen and oxygen atoms in total. The van der Waals surface area contributed by atoms with Gasteiger partial charge < -0.3 is 10.4 Å². The summed E-state index contributed by atoms with van der Waals surface area (Å²) in [4.78, 5) is 11.5. The Morgan fingerprint density at radius 2 is 2.05 bits per heavy atom. The summed E-state index contributed by atoms with van der Waals surface area (Å²) in [5.74, 6) is -0.337. The predicted octanol–water partition coefficient (Wildman–Crippen LogP) is 3.18. The molecule has 21 heavy (non-hydrogen) atoms. The minimum atomic E-state index is -0.939. The molecule has 110 valence electrons. The Morgan fingerprint density at radius 1 is 1.38 bits per heavy atom. The molecular weight excluding hydrogens is 266 g/mol. The van der Waals surface area contributed by atoms with Crippen molar-refractivity contribution in [2.75, 3.05) is 5.32 Å². The number of carbonyl (C=O) groups is 1. The van der Waals surface area contributed by atoms with Gasteiger partial charge in [-0.25, -0.2) is 9.48 Å². The van der Waals surface area contributed by atoms with Gasteiger partial charge in [-0.15, -0.1) is 0 Å². The number of benzene rings is 1. The number of nitrogens with zero attached hydrogens (tertiary/aromatic N) is 2. The lowest BCUT2D eigenvalue weighted by atomic mass is 9.89. The molecule has 1 aromatic carbocycles. The fourth-order valence-electron chi connectivity index (χ4n) is 3.04. The quantitative estimate of drug-likeness (QED) is 0.889. The number of hydrogen-bond donors (Lipinski definition) is 2. The van der Waals surface area contributed by atoms with E-state index in [-0.39, 0.29) is 17.1 Å². The first-order chi connectivity index (χ1) is 9.90. The molecule has 1 aliphatic rings. The summed E-state index contributed by atoms with van der Waals surface area (Å²) in [6.45, 7) is 5.92. The highest BCUT2D eigenvalue weighted by Gasteiger charge is 2.37. The van der Waals surface area contributed by atoms with Crippen molar-refractivity contribution in [2.45, 2.75) is 38.8 Å². The fraction of sp³-hybridized carbons (Fsp3) is 0.375. The van der Waals surface area contributed by atoms with Crippen LogP contribution in [-0.2, 0) is 5.54 Å². The van der Waals surface area contributed by atoms with Crippen LogP contribution in [0.1, 0.15) is 47.9 Å². The van der Waals surface area contributed by atoms with Crippen molar-refractivity contribution < 1.29 is 9.90 Å². The van der Waals surface area contributed by atoms with Gasteiger partial charge in [-0.05, 0) is 32.8 Å². The Bertz CT molecular complexity index is 689. The maximum Gasteiger partial charge on any atom is 0.341 e. The molecule has 5 heteroatoms. The highest BCUT2D eigenvalue weighted by molar-refractivity contribution is 5.94. The summed E-state index contributed by atoms with van der Waals surface area (Å²) >= 11 is 0. The second-order valence-corrected chi connectivity index (χ2v) is 6.15. The van der Waals surface area contributed by atoms with E-state index >= 15 is 0 Å². The standard InChI is InChI=1S/C16H19N3O2/c1-10-13(15(20)21)14-17-12(11-7-5-4-6-8-11)9-16(2,3)19(14)18-10/h4-8,12,17H,9H2,1-3H3,(H,20,21)/t12-/m1/s1. The zero-order valence-corrected chi connectivity index (χ0v) is 12.4. The van der Waals surface area contributed by atoms with E-state index in [2.05, 4.69) is 36.4 Å². The number of nitrogens with one attached hydrogen (secondary N) is 1. The molecule has 0 unspecified atom stereocenters. The lowest BCUT2D eigenvalue weighted by Gasteiger charge is -2.38. The van der Waals surface area contributed by atoms with Crippen molar-refractivity contribution >= 4 is 11.8 Å². The molecule has 3 rings (SSSR count). The van der Waals surface area contributed by atoms with Gasteiger partial charge in [0, 0.05) is 0 Å². The van der Waals surface area contributed by atoms with Crippen LogP contribution in [0.2, 0.25) is 0 Å². The minimum Gasteiger partial charge on any atom is -0.477 e. The first kappa shape index (κ1) is 13.7. The van der Waals surface area contributed by atoms with Gasteiger partial charge in [0.15, 0.2) is 0 Å². The smallest absolute Gasteiger partial charge is 0.341 e. The molecule has 2 heterocycles. The zero-order chi connectivity index (χ0) is 15.2. The lowest BCUT2D eigenvalue weighted by Crippen LogP contribution is -2.38. The molecule has 2 N–H and O–H groups in total. The summed E-state index contributed by atoms with van der Waals surface area (Å²) in [7, 11) is 0. The lowest BCUT2D eigenvalue weighted by molar-refractivity contribution is 0.0696. The van der Waals surface area contributed by atoms with E-state index in [1.165, 1.54) is 0 Å². The fourth-order valence-corrected chi connectivity index (χ4v) is 3.04. The van der Waals surface area contributed by atoms with Crippen molar-refractivity contribution in [3.8, 4) is 0 Å². The van der Waals surface area contributed by atoms with E-state index in [0.717, 1.165) is 12.0 Å². The topological polar surface area (TPSA) is 67.2 Å². The number of anilines is 1. The summed E-state index contributed by atoms with van der Waals surface area (Å²) in [6.07, 6.45) is 0.851. The SMILES string of the molecule is Cc1nn2c(c1C(=O)O)N[C@@H](c1ccccc1)CC2(C)C. The van der Waals surface area contributed by atoms with E-state index in [9.17, 15) is 9.90 Å². The Kier molecular flexibility index (Phi) is 3.01. The molecular formula is C16H19N3O2. The summed E-state index contributed by atoms with van der Waals surface area (Å²) in [6, 6.07) is 10.2. The average Bonchev–Trinajstić information content (AvgIpc) is 2.76.